The summed E-state index contributed by atoms with van der Waals surface area (Å²) in [7, 11) is 1.31. The van der Waals surface area contributed by atoms with Crippen molar-refractivity contribution in [3.63, 3.8) is 0 Å². The molecule has 0 aromatic heterocycles. The highest BCUT2D eigenvalue weighted by Crippen LogP contribution is 2.30. The summed E-state index contributed by atoms with van der Waals surface area (Å²) in [6.45, 7) is -0.0530. The summed E-state index contributed by atoms with van der Waals surface area (Å²) in [4.78, 5) is 25.1. The third-order valence-corrected chi connectivity index (χ3v) is 3.44. The monoisotopic (exact) mass is 262 g/mol. The van der Waals surface area contributed by atoms with Crippen molar-refractivity contribution in [1.29, 1.82) is 0 Å². The number of carbonyl (C=O) groups is 2. The van der Waals surface area contributed by atoms with Crippen LogP contribution in [0.5, 0.6) is 0 Å². The molecule has 1 heterocycles. The van der Waals surface area contributed by atoms with Crippen molar-refractivity contribution in [1.82, 2.24) is 4.90 Å². The Morgan fingerprint density at radius 1 is 1.37 bits per heavy atom. The number of hydrogen-bond donors (Lipinski definition) is 1. The Hall–Kier alpha value is -1.88. The molecule has 5 heteroatoms. The summed E-state index contributed by atoms with van der Waals surface area (Å²) < 4.78 is 4.65. The second-order valence-electron chi connectivity index (χ2n) is 4.65. The molecular weight excluding hydrogens is 244 g/mol. The lowest BCUT2D eigenvalue weighted by Gasteiger charge is -2.37. The van der Waals surface area contributed by atoms with Crippen LogP contribution in [0.25, 0.3) is 0 Å². The number of likely N-dealkylation sites (tertiary alicyclic amines) is 1. The highest BCUT2D eigenvalue weighted by atomic mass is 16.5. The molecule has 102 valence electrons. The lowest BCUT2D eigenvalue weighted by molar-refractivity contribution is -0.151. The molecule has 1 amide bonds. The van der Waals surface area contributed by atoms with Crippen LogP contribution >= 0.6 is 0 Å². The first-order valence-corrected chi connectivity index (χ1v) is 6.31. The minimum atomic E-state index is -0.524. The van der Waals surface area contributed by atoms with Gasteiger partial charge in [-0.2, -0.15) is 0 Å². The predicted octanol–water partition coefficient (Wildman–Crippen LogP) is 0.850. The van der Waals surface area contributed by atoms with Crippen LogP contribution < -0.4 is 5.73 Å². The molecule has 1 aromatic rings. The molecule has 0 radical (unpaired) electrons. The molecule has 1 saturated heterocycles. The molecule has 0 unspecified atom stereocenters. The van der Waals surface area contributed by atoms with E-state index < -0.39 is 12.0 Å². The van der Waals surface area contributed by atoms with E-state index in [1.807, 2.05) is 30.3 Å². The quantitative estimate of drug-likeness (QED) is 0.820. The average Bonchev–Trinajstić information content (AvgIpc) is 2.45. The summed E-state index contributed by atoms with van der Waals surface area (Å²) in [6.07, 6.45) is 1.39. The van der Waals surface area contributed by atoms with E-state index >= 15 is 0 Å². The third kappa shape index (κ3) is 2.93. The minimum absolute atomic E-state index is 0.0530. The number of hydrogen-bond acceptors (Lipinski definition) is 4. The van der Waals surface area contributed by atoms with Crippen molar-refractivity contribution >= 4 is 11.9 Å². The Morgan fingerprint density at radius 2 is 2.05 bits per heavy atom. The number of rotatable bonds is 3. The summed E-state index contributed by atoms with van der Waals surface area (Å²) in [5, 5.41) is 0. The summed E-state index contributed by atoms with van der Waals surface area (Å²) in [5.74, 6) is -0.617. The molecule has 0 bridgehead atoms. The maximum atomic E-state index is 12.2. The summed E-state index contributed by atoms with van der Waals surface area (Å²) >= 11 is 0. The van der Waals surface area contributed by atoms with Gasteiger partial charge in [0, 0.05) is 0 Å². The lowest BCUT2D eigenvalue weighted by Crippen LogP contribution is -2.51. The predicted molar refractivity (Wildman–Crippen MR) is 70.1 cm³/mol. The van der Waals surface area contributed by atoms with E-state index in [0.717, 1.165) is 12.0 Å². The van der Waals surface area contributed by atoms with Gasteiger partial charge in [-0.1, -0.05) is 30.3 Å². The van der Waals surface area contributed by atoms with Crippen LogP contribution in [0.1, 0.15) is 24.4 Å². The Morgan fingerprint density at radius 3 is 2.68 bits per heavy atom. The smallest absolute Gasteiger partial charge is 0.325 e. The van der Waals surface area contributed by atoms with Crippen LogP contribution in [0.2, 0.25) is 0 Å². The highest BCUT2D eigenvalue weighted by molar-refractivity contribution is 5.86. The van der Waals surface area contributed by atoms with E-state index in [2.05, 4.69) is 4.74 Å². The number of amides is 1. The average molecular weight is 262 g/mol. The van der Waals surface area contributed by atoms with Gasteiger partial charge in [-0.3, -0.25) is 9.59 Å². The van der Waals surface area contributed by atoms with Gasteiger partial charge < -0.3 is 15.4 Å². The van der Waals surface area contributed by atoms with E-state index in [1.54, 1.807) is 0 Å². The first-order valence-electron chi connectivity index (χ1n) is 6.31. The van der Waals surface area contributed by atoms with Crippen LogP contribution in [0.4, 0.5) is 0 Å². The van der Waals surface area contributed by atoms with Gasteiger partial charge in [-0.15, -0.1) is 0 Å². The van der Waals surface area contributed by atoms with E-state index in [-0.39, 0.29) is 18.5 Å². The second kappa shape index (κ2) is 5.84. The zero-order valence-electron chi connectivity index (χ0n) is 10.9. The molecule has 1 fully saturated rings. The minimum Gasteiger partial charge on any atom is -0.468 e. The normalized spacial score (nSPS) is 23.3. The number of nitrogens with zero attached hydrogens (tertiary/aromatic N) is 1. The number of benzene rings is 1. The topological polar surface area (TPSA) is 72.6 Å². The number of piperidine rings is 1. The van der Waals surface area contributed by atoms with Gasteiger partial charge in [-0.25, -0.2) is 0 Å². The Labute approximate surface area is 112 Å². The van der Waals surface area contributed by atoms with Crippen molar-refractivity contribution in [2.45, 2.75) is 24.9 Å². The molecule has 1 aromatic carbocycles. The van der Waals surface area contributed by atoms with E-state index in [0.29, 0.717) is 6.42 Å². The molecule has 2 N–H and O–H groups in total. The van der Waals surface area contributed by atoms with Gasteiger partial charge in [-0.05, 0) is 18.4 Å². The zero-order valence-corrected chi connectivity index (χ0v) is 10.9. The van der Waals surface area contributed by atoms with Gasteiger partial charge in [0.05, 0.1) is 19.2 Å². The fourth-order valence-corrected chi connectivity index (χ4v) is 2.40. The molecular formula is C14H18N2O3. The van der Waals surface area contributed by atoms with Crippen LogP contribution in [0.15, 0.2) is 30.3 Å². The van der Waals surface area contributed by atoms with E-state index in [9.17, 15) is 9.59 Å². The molecule has 2 rings (SSSR count). The molecule has 0 aliphatic carbocycles. The number of carbonyl (C=O) groups excluding carboxylic acids is 2. The van der Waals surface area contributed by atoms with Gasteiger partial charge in [0.1, 0.15) is 6.54 Å². The maximum absolute atomic E-state index is 12.2. The van der Waals surface area contributed by atoms with Crippen LogP contribution in [0.3, 0.4) is 0 Å². The Balaban J connectivity index is 2.24. The Bertz CT molecular complexity index is 461. The molecule has 1 aliphatic rings. The number of ether oxygens (including phenoxy) is 1. The highest BCUT2D eigenvalue weighted by Gasteiger charge is 2.35. The van der Waals surface area contributed by atoms with Crippen LogP contribution in [-0.2, 0) is 14.3 Å². The molecule has 1 aliphatic heterocycles. The Kier molecular flexibility index (Phi) is 4.16. The fourth-order valence-electron chi connectivity index (χ4n) is 2.40. The van der Waals surface area contributed by atoms with Gasteiger partial charge in [0.2, 0.25) is 5.91 Å². The lowest BCUT2D eigenvalue weighted by atomic mass is 9.92. The molecule has 0 spiro atoms. The summed E-state index contributed by atoms with van der Waals surface area (Å²) in [6, 6.07) is 9.05. The summed E-state index contributed by atoms with van der Waals surface area (Å²) in [5.41, 5.74) is 6.80. The number of methoxy groups -OCH3 is 1. The van der Waals surface area contributed by atoms with Gasteiger partial charge in [0.15, 0.2) is 0 Å². The van der Waals surface area contributed by atoms with Gasteiger partial charge >= 0.3 is 5.97 Å². The molecule has 19 heavy (non-hydrogen) atoms. The van der Waals surface area contributed by atoms with Crippen LogP contribution in [0, 0.1) is 0 Å². The fraction of sp³-hybridized carbons (Fsp3) is 0.429. The first kappa shape index (κ1) is 13.5. The van der Waals surface area contributed by atoms with Crippen molar-refractivity contribution in [3.8, 4) is 0 Å². The van der Waals surface area contributed by atoms with Crippen LogP contribution in [-0.4, -0.2) is 36.5 Å². The van der Waals surface area contributed by atoms with Crippen molar-refractivity contribution < 1.29 is 14.3 Å². The maximum Gasteiger partial charge on any atom is 0.325 e. The largest absolute Gasteiger partial charge is 0.468 e. The van der Waals surface area contributed by atoms with E-state index in [1.165, 1.54) is 12.0 Å². The molecule has 0 saturated carbocycles. The van der Waals surface area contributed by atoms with E-state index in [4.69, 9.17) is 5.73 Å². The van der Waals surface area contributed by atoms with Crippen molar-refractivity contribution in [2.24, 2.45) is 5.73 Å². The zero-order chi connectivity index (χ0) is 13.8. The standard InChI is InChI=1S/C14H18N2O3/c1-19-13(17)9-16-12(8-7-11(15)14(16)18)10-5-3-2-4-6-10/h2-6,11-12H,7-9,15H2,1H3/t11-,12-/m0/s1. The number of esters is 1. The number of nitrogens with two attached hydrogens (primary N) is 1. The second-order valence-corrected chi connectivity index (χ2v) is 4.65. The molecule has 2 atom stereocenters. The van der Waals surface area contributed by atoms with Crippen molar-refractivity contribution in [3.05, 3.63) is 35.9 Å². The SMILES string of the molecule is COC(=O)CN1C(=O)[C@@H](N)CC[C@H]1c1ccccc1. The van der Waals surface area contributed by atoms with Crippen molar-refractivity contribution in [2.75, 3.05) is 13.7 Å². The van der Waals surface area contributed by atoms with Gasteiger partial charge in [0.25, 0.3) is 0 Å². The molecule has 5 nitrogen and oxygen atoms in total. The first-order chi connectivity index (χ1) is 9.13. The third-order valence-electron chi connectivity index (χ3n) is 3.44.